The Hall–Kier alpha value is -5.09. The van der Waals surface area contributed by atoms with E-state index in [9.17, 15) is 24.0 Å². The highest BCUT2D eigenvalue weighted by Gasteiger charge is 2.33. The molecule has 4 heterocycles. The van der Waals surface area contributed by atoms with Crippen molar-refractivity contribution in [3.63, 3.8) is 0 Å². The Bertz CT molecular complexity index is 2040. The lowest BCUT2D eigenvalue weighted by Crippen LogP contribution is -2.59. The van der Waals surface area contributed by atoms with Crippen molar-refractivity contribution in [1.29, 1.82) is 0 Å². The number of carbonyl (C=O) groups is 5. The maximum Gasteiger partial charge on any atom is 0.243 e. The van der Waals surface area contributed by atoms with E-state index in [0.29, 0.717) is 51.1 Å². The third kappa shape index (κ3) is 11.0. The predicted octanol–water partition coefficient (Wildman–Crippen LogP) is 3.29. The van der Waals surface area contributed by atoms with Crippen LogP contribution in [0.25, 0.3) is 20.2 Å². The number of nitrogens with two attached hydrogens (primary N) is 2. The first-order valence-electron chi connectivity index (χ1n) is 19.1. The minimum absolute atomic E-state index is 0.0245. The molecule has 4 atom stereocenters. The van der Waals surface area contributed by atoms with Crippen molar-refractivity contribution in [1.82, 2.24) is 26.6 Å². The van der Waals surface area contributed by atoms with Crippen LogP contribution in [0.2, 0.25) is 0 Å². The average molecular weight is 800 g/mol. The van der Waals surface area contributed by atoms with E-state index in [2.05, 4.69) is 26.6 Å². The standard InChI is InChI=1S/C41H49N7O6S2/c42-16-6-5-11-31(37(43)49)45-39(51)32(22-28-10-7-19-54-28)47-41(53)34(24-30-21-27-9-2-4-13-36(27)56-30)48-40(52)33(46-38(50)25-14-17-44-18-15-25)23-29-20-26-8-1-3-12-35(26)55-29/h1-4,7-10,12-13,19-21,25,31-34,44H,5-6,11,14-18,22-24,42H2,(H2,43,49)(H,45,51)(H,46,50)(H,47,53)(H,48,52)/t31-,32-,33+,34+/m0/s1. The Morgan fingerprint density at radius 2 is 1.23 bits per heavy atom. The molecule has 15 heteroatoms. The molecular formula is C41H49N7O6S2. The summed E-state index contributed by atoms with van der Waals surface area (Å²) in [5.74, 6) is -2.49. The normalized spacial score (nSPS) is 15.4. The van der Waals surface area contributed by atoms with Gasteiger partial charge in [-0.15, -0.1) is 22.7 Å². The highest BCUT2D eigenvalue weighted by atomic mass is 32.1. The summed E-state index contributed by atoms with van der Waals surface area (Å²) in [4.78, 5) is 70.3. The van der Waals surface area contributed by atoms with Crippen LogP contribution in [0.4, 0.5) is 0 Å². The number of rotatable bonds is 19. The quantitative estimate of drug-likeness (QED) is 0.0615. The van der Waals surface area contributed by atoms with Crippen molar-refractivity contribution in [3.8, 4) is 0 Å². The van der Waals surface area contributed by atoms with Crippen LogP contribution in [0.5, 0.6) is 0 Å². The van der Waals surface area contributed by atoms with E-state index in [-0.39, 0.29) is 37.5 Å². The molecule has 5 aromatic rings. The minimum Gasteiger partial charge on any atom is -0.469 e. The number of primary amides is 1. The number of thiophene rings is 2. The molecular weight excluding hydrogens is 751 g/mol. The van der Waals surface area contributed by atoms with Gasteiger partial charge in [0.05, 0.1) is 6.26 Å². The second kappa shape index (κ2) is 19.7. The van der Waals surface area contributed by atoms with Crippen LogP contribution in [0.1, 0.15) is 47.6 Å². The monoisotopic (exact) mass is 799 g/mol. The van der Waals surface area contributed by atoms with Crippen LogP contribution in [0.3, 0.4) is 0 Å². The first-order chi connectivity index (χ1) is 27.2. The summed E-state index contributed by atoms with van der Waals surface area (Å²) in [5, 5.41) is 16.8. The SMILES string of the molecule is NCCCC[C@H](NC(=O)[C@H](Cc1ccco1)NC(=O)[C@@H](Cc1cc2ccccc2s1)NC(=O)[C@@H](Cc1cc2ccccc2s1)NC(=O)C1CCNCC1)C(N)=O. The van der Waals surface area contributed by atoms with Gasteiger partial charge < -0.3 is 42.5 Å². The van der Waals surface area contributed by atoms with Gasteiger partial charge in [-0.25, -0.2) is 0 Å². The molecule has 2 aromatic carbocycles. The summed E-state index contributed by atoms with van der Waals surface area (Å²) in [6.07, 6.45) is 4.59. The third-order valence-electron chi connectivity index (χ3n) is 9.96. The molecule has 6 rings (SSSR count). The van der Waals surface area contributed by atoms with Crippen molar-refractivity contribution >= 4 is 72.4 Å². The molecule has 1 fully saturated rings. The summed E-state index contributed by atoms with van der Waals surface area (Å²) < 4.78 is 7.61. The zero-order valence-corrected chi connectivity index (χ0v) is 32.7. The van der Waals surface area contributed by atoms with Gasteiger partial charge in [0, 0.05) is 44.3 Å². The fraction of sp³-hybridized carbons (Fsp3) is 0.390. The molecule has 1 aliphatic heterocycles. The van der Waals surface area contributed by atoms with E-state index in [1.807, 2.05) is 60.7 Å². The van der Waals surface area contributed by atoms with Crippen LogP contribution in [-0.2, 0) is 43.2 Å². The maximum atomic E-state index is 14.4. The molecule has 1 saturated heterocycles. The maximum absolute atomic E-state index is 14.4. The number of carbonyl (C=O) groups excluding carboxylic acids is 5. The van der Waals surface area contributed by atoms with Crippen molar-refractivity contribution in [3.05, 3.63) is 94.6 Å². The lowest BCUT2D eigenvalue weighted by Gasteiger charge is -2.27. The second-order valence-electron chi connectivity index (χ2n) is 14.1. The predicted molar refractivity (Wildman–Crippen MR) is 219 cm³/mol. The van der Waals surface area contributed by atoms with Gasteiger partial charge in [0.1, 0.15) is 29.9 Å². The van der Waals surface area contributed by atoms with Crippen molar-refractivity contribution in [2.75, 3.05) is 19.6 Å². The molecule has 13 nitrogen and oxygen atoms in total. The van der Waals surface area contributed by atoms with Crippen LogP contribution in [0, 0.1) is 5.92 Å². The van der Waals surface area contributed by atoms with Crippen LogP contribution in [-0.4, -0.2) is 73.3 Å². The number of hydrogen-bond donors (Lipinski definition) is 7. The number of hydrogen-bond acceptors (Lipinski definition) is 10. The molecule has 56 heavy (non-hydrogen) atoms. The second-order valence-corrected chi connectivity index (χ2v) is 16.5. The first-order valence-corrected chi connectivity index (χ1v) is 20.7. The highest BCUT2D eigenvalue weighted by molar-refractivity contribution is 7.19. The molecule has 1 aliphatic rings. The Kier molecular flexibility index (Phi) is 14.2. The van der Waals surface area contributed by atoms with E-state index in [4.69, 9.17) is 15.9 Å². The lowest BCUT2D eigenvalue weighted by molar-refractivity contribution is -0.135. The van der Waals surface area contributed by atoms with E-state index >= 15 is 0 Å². The number of amides is 5. The molecule has 0 unspecified atom stereocenters. The number of benzene rings is 2. The van der Waals surface area contributed by atoms with Crippen LogP contribution >= 0.6 is 22.7 Å². The Morgan fingerprint density at radius 3 is 1.75 bits per heavy atom. The molecule has 296 valence electrons. The molecule has 0 aliphatic carbocycles. The number of piperidine rings is 1. The molecule has 3 aromatic heterocycles. The summed E-state index contributed by atoms with van der Waals surface area (Å²) >= 11 is 3.05. The zero-order valence-electron chi connectivity index (χ0n) is 31.1. The smallest absolute Gasteiger partial charge is 0.243 e. The van der Waals surface area contributed by atoms with E-state index in [1.54, 1.807) is 23.5 Å². The number of fused-ring (bicyclic) bond motifs is 2. The average Bonchev–Trinajstić information content (AvgIpc) is 3.96. The van der Waals surface area contributed by atoms with Gasteiger partial charge in [0.15, 0.2) is 0 Å². The largest absolute Gasteiger partial charge is 0.469 e. The summed E-state index contributed by atoms with van der Waals surface area (Å²) in [6, 6.07) is 18.8. The number of unbranched alkanes of at least 4 members (excludes halogenated alkanes) is 1. The number of furan rings is 1. The van der Waals surface area contributed by atoms with E-state index in [0.717, 1.165) is 29.9 Å². The highest BCUT2D eigenvalue weighted by Crippen LogP contribution is 2.28. The van der Waals surface area contributed by atoms with Gasteiger partial charge in [-0.1, -0.05) is 36.4 Å². The van der Waals surface area contributed by atoms with Gasteiger partial charge in [-0.05, 0) is 98.9 Å². The molecule has 0 spiro atoms. The van der Waals surface area contributed by atoms with Crippen molar-refractivity contribution < 1.29 is 28.4 Å². The Morgan fingerprint density at radius 1 is 0.696 bits per heavy atom. The van der Waals surface area contributed by atoms with Crippen molar-refractivity contribution in [2.45, 2.75) is 75.5 Å². The van der Waals surface area contributed by atoms with E-state index in [1.165, 1.54) is 17.6 Å². The summed E-state index contributed by atoms with van der Waals surface area (Å²) in [5.41, 5.74) is 11.3. The summed E-state index contributed by atoms with van der Waals surface area (Å²) in [7, 11) is 0. The van der Waals surface area contributed by atoms with Gasteiger partial charge in [0.2, 0.25) is 29.5 Å². The fourth-order valence-corrected chi connectivity index (χ4v) is 9.12. The number of nitrogens with one attached hydrogen (secondary N) is 5. The molecule has 0 bridgehead atoms. The molecule has 5 amide bonds. The summed E-state index contributed by atoms with van der Waals surface area (Å²) in [6.45, 7) is 1.85. The molecule has 9 N–H and O–H groups in total. The first kappa shape index (κ1) is 40.6. The zero-order chi connectivity index (χ0) is 39.4. The van der Waals surface area contributed by atoms with Crippen LogP contribution in [0.15, 0.2) is 83.5 Å². The van der Waals surface area contributed by atoms with Crippen LogP contribution < -0.4 is 38.1 Å². The minimum atomic E-state index is -1.18. The van der Waals surface area contributed by atoms with Gasteiger partial charge in [-0.2, -0.15) is 0 Å². The van der Waals surface area contributed by atoms with Gasteiger partial charge >= 0.3 is 0 Å². The molecule has 0 saturated carbocycles. The van der Waals surface area contributed by atoms with Gasteiger partial charge in [-0.3, -0.25) is 24.0 Å². The lowest BCUT2D eigenvalue weighted by atomic mass is 9.96. The van der Waals surface area contributed by atoms with E-state index < -0.39 is 47.8 Å². The van der Waals surface area contributed by atoms with Crippen molar-refractivity contribution in [2.24, 2.45) is 17.4 Å². The third-order valence-corrected chi connectivity index (χ3v) is 12.2. The Balaban J connectivity index is 1.27. The topological polar surface area (TPSA) is 211 Å². The van der Waals surface area contributed by atoms with Gasteiger partial charge in [0.25, 0.3) is 0 Å². The Labute approximate surface area is 333 Å². The molecule has 0 radical (unpaired) electrons. The fourth-order valence-electron chi connectivity index (χ4n) is 6.90.